The maximum absolute atomic E-state index is 13.4. The van der Waals surface area contributed by atoms with E-state index in [-0.39, 0.29) is 45.4 Å². The first-order valence-electron chi connectivity index (χ1n) is 13.5. The number of nitrogens with zero attached hydrogens (tertiary/aromatic N) is 4. The van der Waals surface area contributed by atoms with Crippen molar-refractivity contribution >= 4 is 63.6 Å². The third-order valence-corrected chi connectivity index (χ3v) is 9.86. The van der Waals surface area contributed by atoms with Crippen molar-refractivity contribution < 1.29 is 39.0 Å². The lowest BCUT2D eigenvalue weighted by atomic mass is 9.78. The number of rotatable bonds is 11. The number of fused-ring (bicyclic) bond motifs is 1. The van der Waals surface area contributed by atoms with Gasteiger partial charge in [-0.1, -0.05) is 12.1 Å². The van der Waals surface area contributed by atoms with Gasteiger partial charge in [-0.05, 0) is 27.2 Å². The normalized spacial score (nSPS) is 26.1. The van der Waals surface area contributed by atoms with Crippen LogP contribution in [0.15, 0.2) is 21.1 Å². The number of amides is 3. The van der Waals surface area contributed by atoms with Crippen molar-refractivity contribution in [2.75, 3.05) is 26.4 Å². The molecule has 4 rings (SSSR count). The van der Waals surface area contributed by atoms with Crippen LogP contribution in [0.1, 0.15) is 39.8 Å². The summed E-state index contributed by atoms with van der Waals surface area (Å²) in [5, 5.41) is 30.7. The number of anilines is 1. The number of likely N-dealkylation sites (N-methyl/N-ethyl adjacent to an activating group) is 1. The molecule has 0 radical (unpaired) electrons. The number of carboxylic acids is 2. The van der Waals surface area contributed by atoms with E-state index in [4.69, 9.17) is 10.6 Å². The van der Waals surface area contributed by atoms with Crippen LogP contribution in [0.3, 0.4) is 0 Å². The molecule has 0 bridgehead atoms. The zero-order chi connectivity index (χ0) is 32.0. The lowest BCUT2D eigenvalue weighted by Gasteiger charge is -2.47. The van der Waals surface area contributed by atoms with Gasteiger partial charge < -0.3 is 41.2 Å². The van der Waals surface area contributed by atoms with Crippen LogP contribution in [0, 0.1) is 11.8 Å². The topological polar surface area (TPSA) is 217 Å². The predicted molar refractivity (Wildman–Crippen MR) is 158 cm³/mol. The predicted octanol–water partition coefficient (Wildman–Crippen LogP) is 0.139. The molecule has 17 heteroatoms. The lowest BCUT2D eigenvalue weighted by molar-refractivity contribution is -0.161. The third kappa shape index (κ3) is 6.19. The van der Waals surface area contributed by atoms with E-state index >= 15 is 0 Å². The van der Waals surface area contributed by atoms with Gasteiger partial charge >= 0.3 is 11.9 Å². The maximum Gasteiger partial charge on any atom is 0.353 e. The van der Waals surface area contributed by atoms with Crippen LogP contribution in [0.25, 0.3) is 0 Å². The number of hydrogen-bond acceptors (Lipinski definition) is 12. The first-order chi connectivity index (χ1) is 20.0. The SMILES string of the molecule is C[C@H](NC(=O)/C(=N\OC(C)(C)C(=O)O)c1csc(N)n1)[C@H]1C(=O)N2C(C(=O)O)=C(S[C@@H]3CN[C@H](C(=O)N(C)C)C3)[C@H](C)[C@H]12. The summed E-state index contributed by atoms with van der Waals surface area (Å²) in [5.41, 5.74) is 3.64. The second-order valence-electron chi connectivity index (χ2n) is 11.4. The van der Waals surface area contributed by atoms with E-state index in [0.717, 1.165) is 11.3 Å². The molecule has 6 N–H and O–H groups in total. The Hall–Kier alpha value is -3.70. The quantitative estimate of drug-likeness (QED) is 0.124. The zero-order valence-corrected chi connectivity index (χ0v) is 26.1. The molecule has 2 saturated heterocycles. The summed E-state index contributed by atoms with van der Waals surface area (Å²) in [6.07, 6.45) is 0.517. The Morgan fingerprint density at radius 2 is 2.00 bits per heavy atom. The van der Waals surface area contributed by atoms with E-state index in [1.165, 1.54) is 40.8 Å². The first kappa shape index (κ1) is 32.2. The smallest absolute Gasteiger partial charge is 0.353 e. The number of carboxylic acid groups (broad SMARTS) is 2. The Kier molecular flexibility index (Phi) is 9.08. The van der Waals surface area contributed by atoms with Gasteiger partial charge in [-0.25, -0.2) is 14.6 Å². The number of aliphatic carboxylic acids is 2. The number of carbonyl (C=O) groups excluding carboxylic acids is 3. The highest BCUT2D eigenvalue weighted by molar-refractivity contribution is 8.03. The number of β-lactam (4-membered cyclic amide) rings is 1. The summed E-state index contributed by atoms with van der Waals surface area (Å²) in [5.74, 6) is -4.88. The standard InChI is InChI=1S/C26H35N7O8S2/c1-10-17-15(11(2)29-20(34)16(14-9-42-25(27)30-14)31-41-26(3,4)24(39)40)22(36)33(17)18(23(37)38)19(10)43-12-7-13(28-8-12)21(35)32(5)6/h9-13,15,17,28H,7-8H2,1-6H3,(H2,27,30)(H,29,34)(H,37,38)(H,39,40)/b31-16-/t10-,11+,12+,13+,15-,17-/m1/s1. The fourth-order valence-electron chi connectivity index (χ4n) is 5.33. The summed E-state index contributed by atoms with van der Waals surface area (Å²) in [6.45, 7) is 6.52. The molecular formula is C26H35N7O8S2. The third-order valence-electron chi connectivity index (χ3n) is 7.67. The Morgan fingerprint density at radius 3 is 2.56 bits per heavy atom. The molecule has 6 atom stereocenters. The van der Waals surface area contributed by atoms with Gasteiger partial charge in [-0.3, -0.25) is 14.4 Å². The largest absolute Gasteiger partial charge is 0.478 e. The van der Waals surface area contributed by atoms with Gasteiger partial charge in [0.2, 0.25) is 17.4 Å². The van der Waals surface area contributed by atoms with E-state index in [0.29, 0.717) is 17.9 Å². The average molecular weight is 638 g/mol. The van der Waals surface area contributed by atoms with Crippen molar-refractivity contribution in [3.63, 3.8) is 0 Å². The van der Waals surface area contributed by atoms with E-state index in [9.17, 15) is 34.2 Å². The minimum Gasteiger partial charge on any atom is -0.478 e. The van der Waals surface area contributed by atoms with Gasteiger partial charge in [0, 0.05) is 48.1 Å². The molecule has 234 valence electrons. The first-order valence-corrected chi connectivity index (χ1v) is 15.2. The molecule has 0 aliphatic carbocycles. The summed E-state index contributed by atoms with van der Waals surface area (Å²) in [7, 11) is 3.35. The zero-order valence-electron chi connectivity index (χ0n) is 24.5. The van der Waals surface area contributed by atoms with E-state index in [2.05, 4.69) is 20.8 Å². The number of nitrogens with one attached hydrogen (secondary N) is 2. The van der Waals surface area contributed by atoms with Crippen LogP contribution >= 0.6 is 23.1 Å². The van der Waals surface area contributed by atoms with E-state index < -0.39 is 47.4 Å². The molecule has 1 aromatic rings. The van der Waals surface area contributed by atoms with Crippen LogP contribution in [-0.2, 0) is 28.8 Å². The molecule has 0 spiro atoms. The molecule has 3 aliphatic rings. The highest BCUT2D eigenvalue weighted by Crippen LogP contribution is 2.51. The molecular weight excluding hydrogens is 602 g/mol. The Labute approximate surface area is 255 Å². The number of thioether (sulfide) groups is 1. The van der Waals surface area contributed by atoms with Crippen LogP contribution in [0.5, 0.6) is 0 Å². The van der Waals surface area contributed by atoms with Crippen LogP contribution in [0.4, 0.5) is 5.13 Å². The van der Waals surface area contributed by atoms with Crippen molar-refractivity contribution in [1.29, 1.82) is 0 Å². The van der Waals surface area contributed by atoms with Crippen molar-refractivity contribution in [2.45, 2.75) is 63.1 Å². The summed E-state index contributed by atoms with van der Waals surface area (Å²) < 4.78 is 0. The second kappa shape index (κ2) is 12.1. The fourth-order valence-corrected chi connectivity index (χ4v) is 7.36. The van der Waals surface area contributed by atoms with Gasteiger partial charge in [-0.15, -0.1) is 23.1 Å². The Morgan fingerprint density at radius 1 is 1.33 bits per heavy atom. The number of thiazole rings is 1. The van der Waals surface area contributed by atoms with Crippen molar-refractivity contribution in [1.82, 2.24) is 25.4 Å². The number of nitrogen functional groups attached to an aromatic ring is 1. The van der Waals surface area contributed by atoms with E-state index in [1.54, 1.807) is 21.0 Å². The average Bonchev–Trinajstić information content (AvgIpc) is 3.61. The van der Waals surface area contributed by atoms with Crippen LogP contribution < -0.4 is 16.4 Å². The molecule has 0 unspecified atom stereocenters. The van der Waals surface area contributed by atoms with Crippen molar-refractivity contribution in [2.24, 2.45) is 17.0 Å². The number of oxime groups is 1. The summed E-state index contributed by atoms with van der Waals surface area (Å²) >= 11 is 2.41. The molecule has 4 heterocycles. The molecule has 3 amide bonds. The minimum absolute atomic E-state index is 0.0567. The van der Waals surface area contributed by atoms with Gasteiger partial charge in [0.1, 0.15) is 11.4 Å². The number of aromatic nitrogens is 1. The lowest BCUT2D eigenvalue weighted by Crippen LogP contribution is -2.66. The second-order valence-corrected chi connectivity index (χ2v) is 13.6. The van der Waals surface area contributed by atoms with E-state index in [1.807, 2.05) is 6.92 Å². The molecule has 0 saturated carbocycles. The highest BCUT2D eigenvalue weighted by Gasteiger charge is 2.60. The van der Waals surface area contributed by atoms with Crippen LogP contribution in [0.2, 0.25) is 0 Å². The summed E-state index contributed by atoms with van der Waals surface area (Å²) in [4.78, 5) is 75.5. The molecule has 15 nitrogen and oxygen atoms in total. The number of carbonyl (C=O) groups is 5. The Bertz CT molecular complexity index is 1410. The van der Waals surface area contributed by atoms with Gasteiger partial charge in [0.15, 0.2) is 10.8 Å². The van der Waals surface area contributed by atoms with Crippen LogP contribution in [-0.4, -0.2) is 110 Å². The molecule has 3 aliphatic heterocycles. The highest BCUT2D eigenvalue weighted by atomic mass is 32.2. The number of nitrogens with two attached hydrogens (primary N) is 1. The van der Waals surface area contributed by atoms with Crippen molar-refractivity contribution in [3.8, 4) is 0 Å². The molecule has 43 heavy (non-hydrogen) atoms. The molecule has 2 fully saturated rings. The van der Waals surface area contributed by atoms with Gasteiger partial charge in [0.05, 0.1) is 18.0 Å². The van der Waals surface area contributed by atoms with Gasteiger partial charge in [-0.2, -0.15) is 0 Å². The molecule has 0 aromatic carbocycles. The minimum atomic E-state index is -1.75. The van der Waals surface area contributed by atoms with Crippen molar-refractivity contribution in [3.05, 3.63) is 21.7 Å². The molecule has 1 aromatic heterocycles. The maximum atomic E-state index is 13.4. The monoisotopic (exact) mass is 637 g/mol. The number of hydrogen-bond donors (Lipinski definition) is 5. The summed E-state index contributed by atoms with van der Waals surface area (Å²) in [6, 6.07) is -1.64. The fraction of sp³-hybridized carbons (Fsp3) is 0.577. The Balaban J connectivity index is 1.51. The van der Waals surface area contributed by atoms with Gasteiger partial charge in [0.25, 0.3) is 5.91 Å².